The van der Waals surface area contributed by atoms with Crippen molar-refractivity contribution >= 4 is 16.9 Å². The van der Waals surface area contributed by atoms with E-state index in [0.717, 1.165) is 22.2 Å². The minimum atomic E-state index is -1.08. The van der Waals surface area contributed by atoms with E-state index in [0.29, 0.717) is 18.1 Å². The van der Waals surface area contributed by atoms with Gasteiger partial charge in [0.1, 0.15) is 36.0 Å². The maximum absolute atomic E-state index is 11.5. The second-order valence-electron chi connectivity index (χ2n) is 6.89. The predicted molar refractivity (Wildman–Crippen MR) is 117 cm³/mol. The first-order chi connectivity index (χ1) is 15.1. The standard InChI is InChI=1S/C25H21NO5/c1-29-20-11-12-24(22(14-20)25(27)28)31-15-17-5-4-7-21(13-17)30-16-19-10-9-18-6-2-3-8-23(18)26-19/h2-14H,15-16H2,1H3,(H,27,28). The van der Waals surface area contributed by atoms with Crippen molar-refractivity contribution in [1.29, 1.82) is 0 Å². The highest BCUT2D eigenvalue weighted by Crippen LogP contribution is 2.25. The molecule has 0 saturated carbocycles. The van der Waals surface area contributed by atoms with Gasteiger partial charge in [-0.1, -0.05) is 36.4 Å². The number of nitrogens with zero attached hydrogens (tertiary/aromatic N) is 1. The van der Waals surface area contributed by atoms with Crippen LogP contribution in [-0.4, -0.2) is 23.2 Å². The van der Waals surface area contributed by atoms with Gasteiger partial charge >= 0.3 is 5.97 Å². The average Bonchev–Trinajstić information content (AvgIpc) is 2.81. The summed E-state index contributed by atoms with van der Waals surface area (Å²) in [6, 6.07) is 24.1. The third-order valence-corrected chi connectivity index (χ3v) is 4.75. The van der Waals surface area contributed by atoms with E-state index in [2.05, 4.69) is 4.98 Å². The van der Waals surface area contributed by atoms with Gasteiger partial charge in [0.15, 0.2) is 0 Å². The number of carbonyl (C=O) groups is 1. The van der Waals surface area contributed by atoms with Crippen LogP contribution in [0.3, 0.4) is 0 Å². The van der Waals surface area contributed by atoms with Crippen molar-refractivity contribution < 1.29 is 24.1 Å². The Morgan fingerprint density at radius 1 is 0.871 bits per heavy atom. The van der Waals surface area contributed by atoms with Crippen LogP contribution >= 0.6 is 0 Å². The van der Waals surface area contributed by atoms with E-state index in [9.17, 15) is 9.90 Å². The molecule has 6 nitrogen and oxygen atoms in total. The van der Waals surface area contributed by atoms with Crippen LogP contribution < -0.4 is 14.2 Å². The lowest BCUT2D eigenvalue weighted by Crippen LogP contribution is -2.04. The lowest BCUT2D eigenvalue weighted by Gasteiger charge is -2.12. The molecule has 4 aromatic rings. The van der Waals surface area contributed by atoms with Crippen LogP contribution in [0.2, 0.25) is 0 Å². The molecule has 1 heterocycles. The zero-order valence-electron chi connectivity index (χ0n) is 16.9. The van der Waals surface area contributed by atoms with Gasteiger partial charge in [-0.15, -0.1) is 0 Å². The van der Waals surface area contributed by atoms with Gasteiger partial charge in [0.2, 0.25) is 0 Å². The lowest BCUT2D eigenvalue weighted by molar-refractivity contribution is 0.0691. The van der Waals surface area contributed by atoms with Crippen LogP contribution in [0.4, 0.5) is 0 Å². The zero-order valence-corrected chi connectivity index (χ0v) is 16.9. The highest BCUT2D eigenvalue weighted by molar-refractivity contribution is 5.91. The van der Waals surface area contributed by atoms with Gasteiger partial charge in [0, 0.05) is 5.39 Å². The molecule has 0 aliphatic heterocycles. The summed E-state index contributed by atoms with van der Waals surface area (Å²) in [5.74, 6) is 0.348. The van der Waals surface area contributed by atoms with Crippen molar-refractivity contribution in [3.8, 4) is 17.2 Å². The Morgan fingerprint density at radius 2 is 1.74 bits per heavy atom. The number of hydrogen-bond donors (Lipinski definition) is 1. The largest absolute Gasteiger partial charge is 0.497 e. The molecule has 0 fully saturated rings. The molecule has 0 unspecified atom stereocenters. The maximum atomic E-state index is 11.5. The van der Waals surface area contributed by atoms with Gasteiger partial charge in [0.05, 0.1) is 18.3 Å². The number of carboxylic acids is 1. The van der Waals surface area contributed by atoms with Crippen molar-refractivity contribution in [3.05, 3.63) is 95.7 Å². The van der Waals surface area contributed by atoms with E-state index in [-0.39, 0.29) is 17.9 Å². The first kappa shape index (κ1) is 20.2. The number of para-hydroxylation sites is 1. The number of rotatable bonds is 8. The SMILES string of the molecule is COc1ccc(OCc2cccc(OCc3ccc4ccccc4n3)c2)c(C(=O)O)c1. The third kappa shape index (κ3) is 4.93. The molecular weight excluding hydrogens is 394 g/mol. The molecule has 0 bridgehead atoms. The summed E-state index contributed by atoms with van der Waals surface area (Å²) in [6.07, 6.45) is 0. The number of hydrogen-bond acceptors (Lipinski definition) is 5. The fraction of sp³-hybridized carbons (Fsp3) is 0.120. The first-order valence-electron chi connectivity index (χ1n) is 9.73. The average molecular weight is 415 g/mol. The summed E-state index contributed by atoms with van der Waals surface area (Å²) in [7, 11) is 1.49. The predicted octanol–water partition coefficient (Wildman–Crippen LogP) is 5.10. The Bertz CT molecular complexity index is 1220. The molecule has 31 heavy (non-hydrogen) atoms. The molecule has 0 atom stereocenters. The van der Waals surface area contributed by atoms with Gasteiger partial charge in [-0.3, -0.25) is 0 Å². The first-order valence-corrected chi connectivity index (χ1v) is 9.73. The molecular formula is C25H21NO5. The van der Waals surface area contributed by atoms with Gasteiger partial charge in [-0.25, -0.2) is 9.78 Å². The molecule has 156 valence electrons. The van der Waals surface area contributed by atoms with E-state index in [1.807, 2.05) is 60.7 Å². The molecule has 0 spiro atoms. The van der Waals surface area contributed by atoms with Gasteiger partial charge in [-0.2, -0.15) is 0 Å². The number of carboxylic acid groups (broad SMARTS) is 1. The van der Waals surface area contributed by atoms with Crippen LogP contribution in [0.5, 0.6) is 17.2 Å². The number of benzene rings is 3. The second-order valence-corrected chi connectivity index (χ2v) is 6.89. The van der Waals surface area contributed by atoms with E-state index < -0.39 is 5.97 Å². The summed E-state index contributed by atoms with van der Waals surface area (Å²) in [4.78, 5) is 16.1. The van der Waals surface area contributed by atoms with Crippen molar-refractivity contribution in [2.24, 2.45) is 0 Å². The Hall–Kier alpha value is -4.06. The highest BCUT2D eigenvalue weighted by Gasteiger charge is 2.13. The molecule has 1 N–H and O–H groups in total. The molecule has 6 heteroatoms. The van der Waals surface area contributed by atoms with Crippen molar-refractivity contribution in [1.82, 2.24) is 4.98 Å². The number of methoxy groups -OCH3 is 1. The van der Waals surface area contributed by atoms with Crippen molar-refractivity contribution in [3.63, 3.8) is 0 Å². The van der Waals surface area contributed by atoms with Crippen LogP contribution in [0, 0.1) is 0 Å². The topological polar surface area (TPSA) is 77.9 Å². The number of fused-ring (bicyclic) bond motifs is 1. The van der Waals surface area contributed by atoms with Gasteiger partial charge < -0.3 is 19.3 Å². The molecule has 0 aliphatic rings. The Labute approximate surface area is 179 Å². The minimum absolute atomic E-state index is 0.0501. The summed E-state index contributed by atoms with van der Waals surface area (Å²) < 4.78 is 16.7. The number of pyridine rings is 1. The van der Waals surface area contributed by atoms with Gasteiger partial charge in [0.25, 0.3) is 0 Å². The number of aromatic carboxylic acids is 1. The number of aromatic nitrogens is 1. The third-order valence-electron chi connectivity index (χ3n) is 4.75. The van der Waals surface area contributed by atoms with E-state index in [1.54, 1.807) is 12.1 Å². The van der Waals surface area contributed by atoms with E-state index >= 15 is 0 Å². The normalized spacial score (nSPS) is 10.6. The highest BCUT2D eigenvalue weighted by atomic mass is 16.5. The van der Waals surface area contributed by atoms with E-state index in [1.165, 1.54) is 13.2 Å². The molecule has 1 aromatic heterocycles. The van der Waals surface area contributed by atoms with Crippen molar-refractivity contribution in [2.45, 2.75) is 13.2 Å². The quantitative estimate of drug-likeness (QED) is 0.431. The van der Waals surface area contributed by atoms with Crippen LogP contribution in [0.25, 0.3) is 10.9 Å². The van der Waals surface area contributed by atoms with Crippen LogP contribution in [0.1, 0.15) is 21.6 Å². The minimum Gasteiger partial charge on any atom is -0.497 e. The fourth-order valence-electron chi connectivity index (χ4n) is 3.16. The Morgan fingerprint density at radius 3 is 2.58 bits per heavy atom. The maximum Gasteiger partial charge on any atom is 0.339 e. The molecule has 0 aliphatic carbocycles. The molecule has 0 amide bonds. The molecule has 4 rings (SSSR count). The Balaban J connectivity index is 1.42. The lowest BCUT2D eigenvalue weighted by atomic mass is 10.2. The monoisotopic (exact) mass is 415 g/mol. The molecule has 3 aromatic carbocycles. The molecule has 0 saturated heterocycles. The molecule has 0 radical (unpaired) electrons. The fourth-order valence-corrected chi connectivity index (χ4v) is 3.16. The summed E-state index contributed by atoms with van der Waals surface area (Å²) >= 11 is 0. The van der Waals surface area contributed by atoms with E-state index in [4.69, 9.17) is 14.2 Å². The van der Waals surface area contributed by atoms with Gasteiger partial charge in [-0.05, 0) is 48.0 Å². The van der Waals surface area contributed by atoms with Crippen LogP contribution in [0.15, 0.2) is 78.9 Å². The number of ether oxygens (including phenoxy) is 3. The summed E-state index contributed by atoms with van der Waals surface area (Å²) in [5.41, 5.74) is 2.68. The van der Waals surface area contributed by atoms with Crippen LogP contribution in [-0.2, 0) is 13.2 Å². The van der Waals surface area contributed by atoms with Crippen molar-refractivity contribution in [2.75, 3.05) is 7.11 Å². The summed E-state index contributed by atoms with van der Waals surface area (Å²) in [5, 5.41) is 10.5. The zero-order chi connectivity index (χ0) is 21.6. The second kappa shape index (κ2) is 9.17. The summed E-state index contributed by atoms with van der Waals surface area (Å²) in [6.45, 7) is 0.550. The smallest absolute Gasteiger partial charge is 0.339 e. The Kier molecular flexibility index (Phi) is 5.98.